The number of phosphoric ester groups is 2. The average molecular weight is 1450 g/mol. The van der Waals surface area contributed by atoms with Crippen LogP contribution in [0.4, 0.5) is 0 Å². The van der Waals surface area contributed by atoms with E-state index in [1.807, 2.05) is 0 Å². The summed E-state index contributed by atoms with van der Waals surface area (Å²) in [6.07, 6.45) is 77.8. The molecule has 100 heavy (non-hydrogen) atoms. The molecule has 0 saturated carbocycles. The summed E-state index contributed by atoms with van der Waals surface area (Å²) in [5.41, 5.74) is 0. The molecule has 0 aromatic carbocycles. The van der Waals surface area contributed by atoms with Gasteiger partial charge < -0.3 is 33.8 Å². The first-order valence-electron chi connectivity index (χ1n) is 39.1. The van der Waals surface area contributed by atoms with Gasteiger partial charge in [0.05, 0.1) is 26.4 Å². The first-order chi connectivity index (χ1) is 48.7. The van der Waals surface area contributed by atoms with Gasteiger partial charge in [0, 0.05) is 25.7 Å². The van der Waals surface area contributed by atoms with Gasteiger partial charge in [0.2, 0.25) is 0 Å². The van der Waals surface area contributed by atoms with Crippen molar-refractivity contribution in [3.8, 4) is 0 Å². The van der Waals surface area contributed by atoms with E-state index in [9.17, 15) is 43.2 Å². The molecule has 5 unspecified atom stereocenters. The fourth-order valence-electron chi connectivity index (χ4n) is 10.3. The van der Waals surface area contributed by atoms with Crippen LogP contribution in [-0.2, 0) is 65.4 Å². The highest BCUT2D eigenvalue weighted by Crippen LogP contribution is 2.45. The molecule has 0 amide bonds. The largest absolute Gasteiger partial charge is 0.472 e. The Hall–Kier alpha value is -4.28. The Balaban J connectivity index is 5.35. The molecule has 0 aromatic heterocycles. The highest BCUT2D eigenvalue weighted by atomic mass is 31.2. The van der Waals surface area contributed by atoms with Gasteiger partial charge >= 0.3 is 39.5 Å². The Bertz CT molecular complexity index is 2320. The van der Waals surface area contributed by atoms with E-state index in [-0.39, 0.29) is 25.7 Å². The van der Waals surface area contributed by atoms with E-state index >= 15 is 0 Å². The smallest absolute Gasteiger partial charge is 0.462 e. The second-order valence-corrected chi connectivity index (χ2v) is 28.8. The number of rotatable bonds is 73. The topological polar surface area (TPSA) is 237 Å². The number of ether oxygens (including phenoxy) is 4. The zero-order valence-electron chi connectivity index (χ0n) is 62.8. The third-order valence-electron chi connectivity index (χ3n) is 16.2. The molecule has 0 aromatic rings. The van der Waals surface area contributed by atoms with Gasteiger partial charge in [0.1, 0.15) is 19.3 Å². The molecular weight excluding hydrogens is 1310 g/mol. The van der Waals surface area contributed by atoms with Crippen LogP contribution >= 0.6 is 15.6 Å². The minimum absolute atomic E-state index is 0.0760. The van der Waals surface area contributed by atoms with Crippen LogP contribution in [0.3, 0.4) is 0 Å². The van der Waals surface area contributed by atoms with E-state index in [2.05, 4.69) is 137 Å². The van der Waals surface area contributed by atoms with Crippen LogP contribution in [0.5, 0.6) is 0 Å². The molecule has 0 bridgehead atoms. The fraction of sp³-hybridized carbons (Fsp3) is 0.728. The van der Waals surface area contributed by atoms with Crippen molar-refractivity contribution in [1.29, 1.82) is 0 Å². The zero-order chi connectivity index (χ0) is 73.2. The number of aliphatic hydroxyl groups is 1. The summed E-state index contributed by atoms with van der Waals surface area (Å²) in [4.78, 5) is 72.9. The van der Waals surface area contributed by atoms with Crippen LogP contribution in [0.2, 0.25) is 0 Å². The molecule has 0 rings (SSSR count). The normalized spacial score (nSPS) is 14.5. The lowest BCUT2D eigenvalue weighted by Crippen LogP contribution is -2.30. The van der Waals surface area contributed by atoms with Gasteiger partial charge in [-0.3, -0.25) is 37.3 Å². The summed E-state index contributed by atoms with van der Waals surface area (Å²) in [6, 6.07) is 0. The number of phosphoric acid groups is 2. The standard InChI is InChI=1S/C81H140O17P2/c1-5-9-13-17-21-25-29-32-35-37-40-42-46-49-53-57-61-65-78(83)91-71-76(97-80(85)67-63-59-55-51-45-28-24-20-16-12-8-4)73-95-99(87,88)93-69-75(82)70-94-100(89,90)96-74-77(98-81(86)68-64-60-56-52-48-44-39-34-31-27-23-19-15-11-7-3)72-92-79(84)66-62-58-54-50-47-43-41-38-36-33-30-26-22-18-14-10-6-2/h9-10,13-14,21-23,25-27,32-36,39-40,42,75-77,82H,5-8,11-12,15-20,24,28-31,37-38,41,43-74H2,1-4H3,(H,87,88)(H,89,90)/b13-9-,14-10-,25-21-,26-22-,27-23-,35-32-,36-33-,39-34-,42-40-. The second-order valence-electron chi connectivity index (χ2n) is 25.9. The number of unbranched alkanes of at least 4 members (excludes halogenated alkanes) is 29. The van der Waals surface area contributed by atoms with Crippen molar-refractivity contribution in [1.82, 2.24) is 0 Å². The number of aliphatic hydroxyl groups excluding tert-OH is 1. The highest BCUT2D eigenvalue weighted by Gasteiger charge is 2.30. The maximum Gasteiger partial charge on any atom is 0.472 e. The van der Waals surface area contributed by atoms with Crippen LogP contribution in [0.15, 0.2) is 109 Å². The minimum atomic E-state index is -4.98. The minimum Gasteiger partial charge on any atom is -0.462 e. The summed E-state index contributed by atoms with van der Waals surface area (Å²) < 4.78 is 68.5. The molecular formula is C81H140O17P2. The summed E-state index contributed by atoms with van der Waals surface area (Å²) in [6.45, 7) is 4.59. The quantitative estimate of drug-likeness (QED) is 0.0169. The van der Waals surface area contributed by atoms with Crippen LogP contribution < -0.4 is 0 Å². The molecule has 0 fully saturated rings. The van der Waals surface area contributed by atoms with Gasteiger partial charge in [-0.15, -0.1) is 0 Å². The van der Waals surface area contributed by atoms with Crippen LogP contribution in [0.25, 0.3) is 0 Å². The summed E-state index contributed by atoms with van der Waals surface area (Å²) >= 11 is 0. The first kappa shape index (κ1) is 95.7. The highest BCUT2D eigenvalue weighted by molar-refractivity contribution is 7.47. The number of hydrogen-bond acceptors (Lipinski definition) is 15. The van der Waals surface area contributed by atoms with Crippen molar-refractivity contribution in [3.63, 3.8) is 0 Å². The third kappa shape index (κ3) is 72.1. The van der Waals surface area contributed by atoms with E-state index in [1.54, 1.807) is 0 Å². The molecule has 3 N–H and O–H groups in total. The number of carbonyl (C=O) groups excluding carboxylic acids is 4. The van der Waals surface area contributed by atoms with Crippen LogP contribution in [0, 0.1) is 0 Å². The predicted octanol–water partition coefficient (Wildman–Crippen LogP) is 22.6. The molecule has 0 aliphatic carbocycles. The molecule has 576 valence electrons. The number of esters is 4. The maximum absolute atomic E-state index is 13.1. The molecule has 0 aliphatic heterocycles. The monoisotopic (exact) mass is 1450 g/mol. The predicted molar refractivity (Wildman–Crippen MR) is 408 cm³/mol. The van der Waals surface area contributed by atoms with E-state index in [0.29, 0.717) is 25.7 Å². The van der Waals surface area contributed by atoms with Gasteiger partial charge in [-0.2, -0.15) is 0 Å². The maximum atomic E-state index is 13.1. The summed E-state index contributed by atoms with van der Waals surface area (Å²) in [5, 5.41) is 10.6. The molecule has 0 aliphatic rings. The summed E-state index contributed by atoms with van der Waals surface area (Å²) in [5.74, 6) is -2.21. The molecule has 0 spiro atoms. The van der Waals surface area contributed by atoms with Crippen LogP contribution in [-0.4, -0.2) is 96.7 Å². The van der Waals surface area contributed by atoms with E-state index in [4.69, 9.17) is 37.0 Å². The first-order valence-corrected chi connectivity index (χ1v) is 42.1. The Morgan fingerprint density at radius 3 is 0.820 bits per heavy atom. The van der Waals surface area contributed by atoms with E-state index in [1.165, 1.54) is 57.8 Å². The van der Waals surface area contributed by atoms with Gasteiger partial charge in [0.15, 0.2) is 12.2 Å². The third-order valence-corrected chi connectivity index (χ3v) is 18.1. The Kier molecular flexibility index (Phi) is 69.9. The van der Waals surface area contributed by atoms with Gasteiger partial charge in [0.25, 0.3) is 0 Å². The van der Waals surface area contributed by atoms with Crippen LogP contribution in [0.1, 0.15) is 323 Å². The summed E-state index contributed by atoms with van der Waals surface area (Å²) in [7, 11) is -9.96. The molecule has 17 nitrogen and oxygen atoms in total. The molecule has 0 saturated heterocycles. The number of carbonyl (C=O) groups is 4. The number of hydrogen-bond donors (Lipinski definition) is 3. The zero-order valence-corrected chi connectivity index (χ0v) is 64.6. The van der Waals surface area contributed by atoms with Gasteiger partial charge in [-0.1, -0.05) is 278 Å². The van der Waals surface area contributed by atoms with Gasteiger partial charge in [-0.25, -0.2) is 9.13 Å². The molecule has 5 atom stereocenters. The average Bonchev–Trinajstić information content (AvgIpc) is 0.989. The number of allylic oxidation sites excluding steroid dienone is 18. The SMILES string of the molecule is CC/C=C\C/C=C\C/C=C\C/C=C\CCCCCCC(=O)OCC(COP(=O)(O)OCC(O)COP(=O)(O)OCC(COC(=O)CCCCCCCCC/C=C\C/C=C\C/C=C\CC)OC(=O)CCCCCCC/C=C\C/C=C\CCCCC)OC(=O)CCCCCCCCCCCCC. The Morgan fingerprint density at radius 1 is 0.290 bits per heavy atom. The van der Waals surface area contributed by atoms with Crippen molar-refractivity contribution in [2.75, 3.05) is 39.6 Å². The van der Waals surface area contributed by atoms with Gasteiger partial charge in [-0.05, 0) is 128 Å². The van der Waals surface area contributed by atoms with Crippen molar-refractivity contribution >= 4 is 39.5 Å². The van der Waals surface area contributed by atoms with Crippen molar-refractivity contribution in [2.24, 2.45) is 0 Å². The van der Waals surface area contributed by atoms with Crippen molar-refractivity contribution < 1.29 is 80.2 Å². The Morgan fingerprint density at radius 2 is 0.520 bits per heavy atom. The molecule has 19 heteroatoms. The second kappa shape index (κ2) is 73.0. The lowest BCUT2D eigenvalue weighted by Gasteiger charge is -2.21. The fourth-order valence-corrected chi connectivity index (χ4v) is 11.9. The van der Waals surface area contributed by atoms with E-state index < -0.39 is 97.5 Å². The van der Waals surface area contributed by atoms with Crippen molar-refractivity contribution in [3.05, 3.63) is 109 Å². The lowest BCUT2D eigenvalue weighted by molar-refractivity contribution is -0.161. The molecule has 0 heterocycles. The lowest BCUT2D eigenvalue weighted by atomic mass is 10.1. The van der Waals surface area contributed by atoms with E-state index in [0.717, 1.165) is 186 Å². The molecule has 0 radical (unpaired) electrons. The van der Waals surface area contributed by atoms with Crippen molar-refractivity contribution in [2.45, 2.75) is 341 Å². The Labute approximate surface area is 607 Å².